The zero-order chi connectivity index (χ0) is 15.2. The van der Waals surface area contributed by atoms with E-state index in [1.807, 2.05) is 36.4 Å². The number of hydrogen-bond donors (Lipinski definition) is 2. The Morgan fingerprint density at radius 3 is 2.52 bits per heavy atom. The van der Waals surface area contributed by atoms with Gasteiger partial charge in [-0.1, -0.05) is 24.3 Å². The highest BCUT2D eigenvalue weighted by atomic mass is 16.3. The number of nitrogens with two attached hydrogens (primary N) is 1. The van der Waals surface area contributed by atoms with Crippen LogP contribution >= 0.6 is 0 Å². The molecule has 21 heavy (non-hydrogen) atoms. The van der Waals surface area contributed by atoms with Crippen molar-refractivity contribution in [2.24, 2.45) is 0 Å². The standard InChI is InChI=1S/C17H20N2O2/c1-19(12-14-5-8-16(20)9-6-14)17(21)10-7-13-3-2-4-15(18)11-13/h2-6,8-9,11,20H,7,10,12,18H2,1H3. The molecule has 2 aromatic carbocycles. The van der Waals surface area contributed by atoms with E-state index >= 15 is 0 Å². The first-order valence-electron chi connectivity index (χ1n) is 6.91. The maximum atomic E-state index is 12.1. The molecule has 0 aliphatic rings. The molecule has 1 amide bonds. The van der Waals surface area contributed by atoms with Crippen molar-refractivity contribution in [3.8, 4) is 5.75 Å². The number of hydrogen-bond acceptors (Lipinski definition) is 3. The molecule has 4 nitrogen and oxygen atoms in total. The average molecular weight is 284 g/mol. The molecule has 0 heterocycles. The molecule has 3 N–H and O–H groups in total. The van der Waals surface area contributed by atoms with Crippen molar-refractivity contribution in [1.29, 1.82) is 0 Å². The van der Waals surface area contributed by atoms with E-state index in [2.05, 4.69) is 0 Å². The smallest absolute Gasteiger partial charge is 0.222 e. The lowest BCUT2D eigenvalue weighted by molar-refractivity contribution is -0.130. The SMILES string of the molecule is CN(Cc1ccc(O)cc1)C(=O)CCc1cccc(N)c1. The van der Waals surface area contributed by atoms with Gasteiger partial charge in [0, 0.05) is 25.7 Å². The summed E-state index contributed by atoms with van der Waals surface area (Å²) in [5, 5.41) is 9.24. The zero-order valence-corrected chi connectivity index (χ0v) is 12.1. The van der Waals surface area contributed by atoms with Crippen LogP contribution in [-0.4, -0.2) is 23.0 Å². The van der Waals surface area contributed by atoms with Crippen molar-refractivity contribution in [2.45, 2.75) is 19.4 Å². The Hall–Kier alpha value is -2.49. The molecule has 0 fully saturated rings. The second kappa shape index (κ2) is 6.79. The van der Waals surface area contributed by atoms with Gasteiger partial charge < -0.3 is 15.7 Å². The third-order valence-electron chi connectivity index (χ3n) is 3.36. The van der Waals surface area contributed by atoms with Crippen molar-refractivity contribution >= 4 is 11.6 Å². The molecule has 4 heteroatoms. The van der Waals surface area contributed by atoms with Gasteiger partial charge in [-0.05, 0) is 41.8 Å². The summed E-state index contributed by atoms with van der Waals surface area (Å²) in [5.74, 6) is 0.319. The van der Waals surface area contributed by atoms with Gasteiger partial charge in [-0.2, -0.15) is 0 Å². The van der Waals surface area contributed by atoms with Gasteiger partial charge in [0.2, 0.25) is 5.91 Å². The molecule has 2 aromatic rings. The number of nitrogen functional groups attached to an aromatic ring is 1. The molecular weight excluding hydrogens is 264 g/mol. The van der Waals surface area contributed by atoms with E-state index in [1.165, 1.54) is 0 Å². The molecule has 0 saturated carbocycles. The largest absolute Gasteiger partial charge is 0.508 e. The van der Waals surface area contributed by atoms with Crippen molar-refractivity contribution in [3.05, 3.63) is 59.7 Å². The number of anilines is 1. The van der Waals surface area contributed by atoms with E-state index in [0.717, 1.165) is 16.8 Å². The number of phenolic OH excluding ortho intramolecular Hbond substituents is 1. The number of aryl methyl sites for hydroxylation is 1. The van der Waals surface area contributed by atoms with E-state index in [0.29, 0.717) is 19.4 Å². The Morgan fingerprint density at radius 1 is 1.14 bits per heavy atom. The topological polar surface area (TPSA) is 66.6 Å². The van der Waals surface area contributed by atoms with Gasteiger partial charge in [-0.25, -0.2) is 0 Å². The normalized spacial score (nSPS) is 10.3. The molecule has 0 unspecified atom stereocenters. The lowest BCUT2D eigenvalue weighted by Crippen LogP contribution is -2.26. The van der Waals surface area contributed by atoms with Gasteiger partial charge in [0.1, 0.15) is 5.75 Å². The summed E-state index contributed by atoms with van der Waals surface area (Å²) in [5.41, 5.74) is 8.51. The monoisotopic (exact) mass is 284 g/mol. The Labute approximate surface area is 124 Å². The first-order chi connectivity index (χ1) is 10.0. The molecular formula is C17H20N2O2. The van der Waals surface area contributed by atoms with Gasteiger partial charge in [0.05, 0.1) is 0 Å². The molecule has 0 atom stereocenters. The van der Waals surface area contributed by atoms with Crippen molar-refractivity contribution < 1.29 is 9.90 Å². The second-order valence-electron chi connectivity index (χ2n) is 5.16. The van der Waals surface area contributed by atoms with E-state index in [-0.39, 0.29) is 11.7 Å². The van der Waals surface area contributed by atoms with Crippen LogP contribution in [0.5, 0.6) is 5.75 Å². The van der Waals surface area contributed by atoms with Crippen LogP contribution in [0.1, 0.15) is 17.5 Å². The number of nitrogens with zero attached hydrogens (tertiary/aromatic N) is 1. The quantitative estimate of drug-likeness (QED) is 0.829. The maximum absolute atomic E-state index is 12.1. The Bertz CT molecular complexity index is 608. The molecule has 0 spiro atoms. The summed E-state index contributed by atoms with van der Waals surface area (Å²) < 4.78 is 0. The first-order valence-corrected chi connectivity index (χ1v) is 6.91. The van der Waals surface area contributed by atoms with Crippen LogP contribution in [0.15, 0.2) is 48.5 Å². The van der Waals surface area contributed by atoms with Crippen LogP contribution in [0.4, 0.5) is 5.69 Å². The predicted molar refractivity (Wildman–Crippen MR) is 83.8 cm³/mol. The van der Waals surface area contributed by atoms with Gasteiger partial charge in [-0.15, -0.1) is 0 Å². The van der Waals surface area contributed by atoms with Crippen LogP contribution < -0.4 is 5.73 Å². The van der Waals surface area contributed by atoms with Crippen molar-refractivity contribution in [3.63, 3.8) is 0 Å². The highest BCUT2D eigenvalue weighted by molar-refractivity contribution is 5.76. The summed E-state index contributed by atoms with van der Waals surface area (Å²) in [6.07, 6.45) is 1.14. The van der Waals surface area contributed by atoms with E-state index in [1.54, 1.807) is 24.1 Å². The summed E-state index contributed by atoms with van der Waals surface area (Å²) in [7, 11) is 1.79. The van der Waals surface area contributed by atoms with Crippen LogP contribution in [0.3, 0.4) is 0 Å². The molecule has 0 aromatic heterocycles. The molecule has 110 valence electrons. The highest BCUT2D eigenvalue weighted by Gasteiger charge is 2.09. The lowest BCUT2D eigenvalue weighted by atomic mass is 10.1. The van der Waals surface area contributed by atoms with Gasteiger partial charge in [0.25, 0.3) is 0 Å². The molecule has 0 bridgehead atoms. The Balaban J connectivity index is 1.86. The number of rotatable bonds is 5. The predicted octanol–water partition coefficient (Wildman–Crippen LogP) is 2.57. The average Bonchev–Trinajstić information content (AvgIpc) is 2.47. The van der Waals surface area contributed by atoms with Gasteiger partial charge in [0.15, 0.2) is 0 Å². The number of amides is 1. The minimum Gasteiger partial charge on any atom is -0.508 e. The molecule has 0 saturated heterocycles. The van der Waals surface area contributed by atoms with Crippen LogP contribution in [0, 0.1) is 0 Å². The summed E-state index contributed by atoms with van der Waals surface area (Å²) in [6.45, 7) is 0.538. The molecule has 0 aliphatic heterocycles. The number of carbonyl (C=O) groups is 1. The molecule has 2 rings (SSSR count). The van der Waals surface area contributed by atoms with E-state index < -0.39 is 0 Å². The number of benzene rings is 2. The number of carbonyl (C=O) groups excluding carboxylic acids is 1. The number of aromatic hydroxyl groups is 1. The summed E-state index contributed by atoms with van der Waals surface area (Å²) >= 11 is 0. The van der Waals surface area contributed by atoms with E-state index in [9.17, 15) is 9.90 Å². The summed E-state index contributed by atoms with van der Waals surface area (Å²) in [4.78, 5) is 13.8. The minimum absolute atomic E-state index is 0.0884. The molecule has 0 aliphatic carbocycles. The second-order valence-corrected chi connectivity index (χ2v) is 5.16. The first kappa shape index (κ1) is 14.9. The van der Waals surface area contributed by atoms with Crippen molar-refractivity contribution in [2.75, 3.05) is 12.8 Å². The third-order valence-corrected chi connectivity index (χ3v) is 3.36. The third kappa shape index (κ3) is 4.53. The number of phenols is 1. The fraction of sp³-hybridized carbons (Fsp3) is 0.235. The fourth-order valence-corrected chi connectivity index (χ4v) is 2.15. The Kier molecular flexibility index (Phi) is 4.82. The fourth-order valence-electron chi connectivity index (χ4n) is 2.15. The van der Waals surface area contributed by atoms with Gasteiger partial charge >= 0.3 is 0 Å². The van der Waals surface area contributed by atoms with Crippen LogP contribution in [-0.2, 0) is 17.8 Å². The summed E-state index contributed by atoms with van der Waals surface area (Å²) in [6, 6.07) is 14.5. The van der Waals surface area contributed by atoms with Crippen LogP contribution in [0.25, 0.3) is 0 Å². The lowest BCUT2D eigenvalue weighted by Gasteiger charge is -2.17. The molecule has 0 radical (unpaired) electrons. The maximum Gasteiger partial charge on any atom is 0.222 e. The zero-order valence-electron chi connectivity index (χ0n) is 12.1. The highest BCUT2D eigenvalue weighted by Crippen LogP contribution is 2.13. The van der Waals surface area contributed by atoms with Crippen LogP contribution in [0.2, 0.25) is 0 Å². The van der Waals surface area contributed by atoms with Gasteiger partial charge in [-0.3, -0.25) is 4.79 Å². The van der Waals surface area contributed by atoms with Crippen molar-refractivity contribution in [1.82, 2.24) is 4.90 Å². The van der Waals surface area contributed by atoms with E-state index in [4.69, 9.17) is 5.73 Å². The minimum atomic E-state index is 0.0884. The Morgan fingerprint density at radius 2 is 1.86 bits per heavy atom.